The zero-order valence-corrected chi connectivity index (χ0v) is 13.4. The van der Waals surface area contributed by atoms with E-state index in [1.807, 2.05) is 12.4 Å². The fourth-order valence-electron chi connectivity index (χ4n) is 2.87. The minimum absolute atomic E-state index is 0.531. The van der Waals surface area contributed by atoms with Crippen LogP contribution >= 0.6 is 0 Å². The second kappa shape index (κ2) is 7.94. The van der Waals surface area contributed by atoms with E-state index in [1.165, 1.54) is 22.3 Å². The summed E-state index contributed by atoms with van der Waals surface area (Å²) in [5.41, 5.74) is 5.68. The lowest BCUT2D eigenvalue weighted by atomic mass is 9.93. The third-order valence-corrected chi connectivity index (χ3v) is 4.12. The molecule has 0 fully saturated rings. The van der Waals surface area contributed by atoms with Crippen LogP contribution in [0.2, 0.25) is 0 Å². The highest BCUT2D eigenvalue weighted by atomic mass is 14.9. The molecule has 1 aromatic heterocycles. The van der Waals surface area contributed by atoms with Gasteiger partial charge in [-0.3, -0.25) is 4.98 Å². The fraction of sp³-hybridized carbons (Fsp3) is 0.421. The van der Waals surface area contributed by atoms with Gasteiger partial charge in [0.15, 0.2) is 0 Å². The molecule has 2 rings (SSSR count). The van der Waals surface area contributed by atoms with Crippen LogP contribution in [0.15, 0.2) is 42.7 Å². The second-order valence-corrected chi connectivity index (χ2v) is 5.72. The summed E-state index contributed by atoms with van der Waals surface area (Å²) in [7, 11) is 0. The molecule has 1 unspecified atom stereocenters. The van der Waals surface area contributed by atoms with Gasteiger partial charge in [0.2, 0.25) is 0 Å². The molecule has 0 amide bonds. The van der Waals surface area contributed by atoms with Crippen LogP contribution in [0.5, 0.6) is 0 Å². The summed E-state index contributed by atoms with van der Waals surface area (Å²) < 4.78 is 0. The molecule has 0 spiro atoms. The number of nitrogens with zero attached hydrogens (tertiary/aromatic N) is 1. The Morgan fingerprint density at radius 3 is 2.33 bits per heavy atom. The Morgan fingerprint density at radius 1 is 1.05 bits per heavy atom. The topological polar surface area (TPSA) is 24.9 Å². The van der Waals surface area contributed by atoms with E-state index in [0.29, 0.717) is 6.04 Å². The monoisotopic (exact) mass is 282 g/mol. The van der Waals surface area contributed by atoms with Gasteiger partial charge in [0.05, 0.1) is 0 Å². The number of benzene rings is 1. The van der Waals surface area contributed by atoms with Crippen molar-refractivity contribution >= 4 is 0 Å². The Morgan fingerprint density at radius 2 is 1.71 bits per heavy atom. The first-order valence-corrected chi connectivity index (χ1v) is 7.88. The van der Waals surface area contributed by atoms with Crippen LogP contribution in [0, 0.1) is 13.8 Å². The summed E-state index contributed by atoms with van der Waals surface area (Å²) in [6.07, 6.45) is 7.13. The van der Waals surface area contributed by atoms with Crippen LogP contribution in [-0.4, -0.2) is 17.6 Å². The molecule has 2 aromatic rings. The van der Waals surface area contributed by atoms with E-state index < -0.39 is 0 Å². The van der Waals surface area contributed by atoms with Gasteiger partial charge < -0.3 is 5.32 Å². The maximum Gasteiger partial charge on any atom is 0.0270 e. The van der Waals surface area contributed by atoms with Gasteiger partial charge in [-0.05, 0) is 74.0 Å². The minimum atomic E-state index is 0.531. The number of aromatic nitrogens is 1. The second-order valence-electron chi connectivity index (χ2n) is 5.72. The molecular formula is C19H26N2. The van der Waals surface area contributed by atoms with Gasteiger partial charge in [0, 0.05) is 18.4 Å². The van der Waals surface area contributed by atoms with E-state index in [4.69, 9.17) is 0 Å². The van der Waals surface area contributed by atoms with Crippen LogP contribution in [-0.2, 0) is 12.8 Å². The molecule has 0 radical (unpaired) electrons. The van der Waals surface area contributed by atoms with E-state index in [1.54, 1.807) is 0 Å². The minimum Gasteiger partial charge on any atom is -0.314 e. The van der Waals surface area contributed by atoms with Crippen molar-refractivity contribution in [3.8, 4) is 0 Å². The number of rotatable bonds is 7. The molecule has 0 saturated heterocycles. The Bertz CT molecular complexity index is 528. The van der Waals surface area contributed by atoms with Crippen LogP contribution < -0.4 is 5.32 Å². The Balaban J connectivity index is 2.02. The lowest BCUT2D eigenvalue weighted by Crippen LogP contribution is -2.32. The zero-order valence-electron chi connectivity index (χ0n) is 13.4. The highest BCUT2D eigenvalue weighted by Gasteiger charge is 2.12. The molecule has 0 saturated carbocycles. The van der Waals surface area contributed by atoms with Crippen molar-refractivity contribution in [2.75, 3.05) is 6.54 Å². The van der Waals surface area contributed by atoms with Crippen molar-refractivity contribution in [1.82, 2.24) is 10.3 Å². The van der Waals surface area contributed by atoms with E-state index in [-0.39, 0.29) is 0 Å². The van der Waals surface area contributed by atoms with Crippen molar-refractivity contribution in [3.05, 3.63) is 65.0 Å². The molecule has 0 bridgehead atoms. The molecule has 0 aliphatic rings. The first kappa shape index (κ1) is 15.7. The zero-order chi connectivity index (χ0) is 15.1. The number of aryl methyl sites for hydroxylation is 3. The van der Waals surface area contributed by atoms with Crippen molar-refractivity contribution in [2.24, 2.45) is 0 Å². The van der Waals surface area contributed by atoms with Gasteiger partial charge in [-0.25, -0.2) is 0 Å². The van der Waals surface area contributed by atoms with Gasteiger partial charge in [-0.2, -0.15) is 0 Å². The van der Waals surface area contributed by atoms with Crippen LogP contribution in [0.1, 0.15) is 35.6 Å². The Labute approximate surface area is 128 Å². The van der Waals surface area contributed by atoms with Gasteiger partial charge in [0.1, 0.15) is 0 Å². The molecule has 1 heterocycles. The maximum absolute atomic E-state index is 4.08. The first-order chi connectivity index (χ1) is 10.2. The van der Waals surface area contributed by atoms with Crippen LogP contribution in [0.3, 0.4) is 0 Å². The van der Waals surface area contributed by atoms with Gasteiger partial charge in [-0.15, -0.1) is 0 Å². The summed E-state index contributed by atoms with van der Waals surface area (Å²) in [4.78, 5) is 4.08. The van der Waals surface area contributed by atoms with Gasteiger partial charge in [-0.1, -0.05) is 25.1 Å². The molecule has 112 valence electrons. The third kappa shape index (κ3) is 4.68. The van der Waals surface area contributed by atoms with Crippen LogP contribution in [0.25, 0.3) is 0 Å². The van der Waals surface area contributed by atoms with Crippen molar-refractivity contribution in [1.29, 1.82) is 0 Å². The third-order valence-electron chi connectivity index (χ3n) is 4.12. The average molecular weight is 282 g/mol. The largest absolute Gasteiger partial charge is 0.314 e. The number of hydrogen-bond acceptors (Lipinski definition) is 2. The van der Waals surface area contributed by atoms with Crippen molar-refractivity contribution < 1.29 is 0 Å². The molecule has 2 heteroatoms. The predicted molar refractivity (Wildman–Crippen MR) is 89.6 cm³/mol. The Kier molecular flexibility index (Phi) is 5.94. The summed E-state index contributed by atoms with van der Waals surface area (Å²) in [6, 6.07) is 11.3. The standard InChI is InChI=1S/C19H26N2/c1-4-21-18(9-8-17-10-12-20-13-11-17)14-19-15(2)6-5-7-16(19)3/h5-7,10-13,18,21H,4,8-9,14H2,1-3H3. The average Bonchev–Trinajstić information content (AvgIpc) is 2.49. The van der Waals surface area contributed by atoms with E-state index >= 15 is 0 Å². The molecule has 21 heavy (non-hydrogen) atoms. The number of nitrogens with one attached hydrogen (secondary N) is 1. The Hall–Kier alpha value is -1.67. The summed E-state index contributed by atoms with van der Waals surface area (Å²) in [5.74, 6) is 0. The molecule has 2 nitrogen and oxygen atoms in total. The van der Waals surface area contributed by atoms with Crippen molar-refractivity contribution in [2.45, 2.75) is 46.1 Å². The maximum atomic E-state index is 4.08. The quantitative estimate of drug-likeness (QED) is 0.834. The van der Waals surface area contributed by atoms with Gasteiger partial charge >= 0.3 is 0 Å². The smallest absolute Gasteiger partial charge is 0.0270 e. The van der Waals surface area contributed by atoms with Crippen LogP contribution in [0.4, 0.5) is 0 Å². The highest BCUT2D eigenvalue weighted by molar-refractivity contribution is 5.34. The lowest BCUT2D eigenvalue weighted by molar-refractivity contribution is 0.489. The molecular weight excluding hydrogens is 256 g/mol. The van der Waals surface area contributed by atoms with E-state index in [9.17, 15) is 0 Å². The molecule has 0 aliphatic carbocycles. The molecule has 0 aliphatic heterocycles. The number of hydrogen-bond donors (Lipinski definition) is 1. The number of likely N-dealkylation sites (N-methyl/N-ethyl adjacent to an activating group) is 1. The van der Waals surface area contributed by atoms with E-state index in [2.05, 4.69) is 61.4 Å². The summed E-state index contributed by atoms with van der Waals surface area (Å²) in [6.45, 7) is 7.64. The van der Waals surface area contributed by atoms with Crippen molar-refractivity contribution in [3.63, 3.8) is 0 Å². The predicted octanol–water partition coefficient (Wildman–Crippen LogP) is 3.85. The van der Waals surface area contributed by atoms with Gasteiger partial charge in [0.25, 0.3) is 0 Å². The normalized spacial score (nSPS) is 12.3. The first-order valence-electron chi connectivity index (χ1n) is 7.88. The molecule has 1 N–H and O–H groups in total. The lowest BCUT2D eigenvalue weighted by Gasteiger charge is -2.20. The summed E-state index contributed by atoms with van der Waals surface area (Å²) >= 11 is 0. The summed E-state index contributed by atoms with van der Waals surface area (Å²) in [5, 5.41) is 3.64. The molecule has 1 atom stereocenters. The SMILES string of the molecule is CCNC(CCc1ccncc1)Cc1c(C)cccc1C. The number of pyridine rings is 1. The highest BCUT2D eigenvalue weighted by Crippen LogP contribution is 2.17. The molecule has 1 aromatic carbocycles. The fourth-order valence-corrected chi connectivity index (χ4v) is 2.87. The van der Waals surface area contributed by atoms with E-state index in [0.717, 1.165) is 25.8 Å².